The molecule has 1 fully saturated rings. The quantitative estimate of drug-likeness (QED) is 0.785. The lowest BCUT2D eigenvalue weighted by Gasteiger charge is -2.12. The molecule has 1 aliphatic heterocycles. The van der Waals surface area contributed by atoms with Gasteiger partial charge in [0.2, 0.25) is 0 Å². The number of carbonyl (C=O) groups is 2. The van der Waals surface area contributed by atoms with Crippen LogP contribution in [0.15, 0.2) is 24.3 Å². The summed E-state index contributed by atoms with van der Waals surface area (Å²) in [7, 11) is 0. The summed E-state index contributed by atoms with van der Waals surface area (Å²) in [6.45, 7) is 0.568. The highest BCUT2D eigenvalue weighted by molar-refractivity contribution is 5.91. The molecule has 1 unspecified atom stereocenters. The Balaban J connectivity index is 2.20. The molecule has 1 atom stereocenters. The van der Waals surface area contributed by atoms with E-state index in [1.807, 2.05) is 0 Å². The summed E-state index contributed by atoms with van der Waals surface area (Å²) in [4.78, 5) is 22.2. The third-order valence-corrected chi connectivity index (χ3v) is 2.38. The number of hydrogen-bond donors (Lipinski definition) is 2. The van der Waals surface area contributed by atoms with Crippen molar-refractivity contribution in [3.63, 3.8) is 0 Å². The van der Waals surface area contributed by atoms with E-state index in [9.17, 15) is 9.59 Å². The second-order valence-corrected chi connectivity index (χ2v) is 3.49. The number of benzene rings is 1. The molecule has 2 N–H and O–H groups in total. The van der Waals surface area contributed by atoms with Crippen LogP contribution in [0.5, 0.6) is 5.75 Å². The van der Waals surface area contributed by atoms with Gasteiger partial charge < -0.3 is 15.2 Å². The minimum Gasteiger partial charge on any atom is -0.480 e. The van der Waals surface area contributed by atoms with Crippen molar-refractivity contribution in [2.24, 2.45) is 0 Å². The zero-order valence-corrected chi connectivity index (χ0v) is 8.47. The summed E-state index contributed by atoms with van der Waals surface area (Å²) in [5, 5.41) is 11.6. The maximum absolute atomic E-state index is 11.3. The minimum absolute atomic E-state index is 0.0715. The summed E-state index contributed by atoms with van der Waals surface area (Å²) in [5.41, 5.74) is 0.0715. The number of hydrogen-bond acceptors (Lipinski definition) is 3. The number of carboxylic acids is 1. The van der Waals surface area contributed by atoms with Gasteiger partial charge in [0.15, 0.2) is 6.10 Å². The molecule has 16 heavy (non-hydrogen) atoms. The minimum atomic E-state index is -1.06. The van der Waals surface area contributed by atoms with Crippen molar-refractivity contribution >= 4 is 11.9 Å². The van der Waals surface area contributed by atoms with Crippen LogP contribution in [-0.4, -0.2) is 29.6 Å². The van der Waals surface area contributed by atoms with Crippen LogP contribution >= 0.6 is 0 Å². The molecule has 5 heteroatoms. The zero-order valence-electron chi connectivity index (χ0n) is 8.47. The molecule has 1 saturated heterocycles. The maximum Gasteiger partial charge on any atom is 0.339 e. The van der Waals surface area contributed by atoms with Gasteiger partial charge in [-0.2, -0.15) is 0 Å². The lowest BCUT2D eigenvalue weighted by molar-refractivity contribution is -0.124. The first kappa shape index (κ1) is 10.5. The first-order valence-electron chi connectivity index (χ1n) is 4.95. The van der Waals surface area contributed by atoms with Crippen LogP contribution in [0.3, 0.4) is 0 Å². The Kier molecular flexibility index (Phi) is 2.76. The molecular formula is C11H11NO4. The molecule has 0 saturated carbocycles. The Morgan fingerprint density at radius 2 is 2.19 bits per heavy atom. The second kappa shape index (κ2) is 4.22. The van der Waals surface area contributed by atoms with Gasteiger partial charge in [-0.15, -0.1) is 0 Å². The summed E-state index contributed by atoms with van der Waals surface area (Å²) in [6.07, 6.45) is -0.0206. The number of ether oxygens (including phenoxy) is 1. The molecule has 2 rings (SSSR count). The third kappa shape index (κ3) is 1.98. The highest BCUT2D eigenvalue weighted by atomic mass is 16.5. The number of rotatable bonds is 3. The van der Waals surface area contributed by atoms with E-state index < -0.39 is 12.1 Å². The van der Waals surface area contributed by atoms with Gasteiger partial charge in [-0.1, -0.05) is 12.1 Å². The van der Waals surface area contributed by atoms with Crippen LogP contribution in [0.4, 0.5) is 0 Å². The molecule has 1 heterocycles. The molecule has 0 spiro atoms. The summed E-state index contributed by atoms with van der Waals surface area (Å²) < 4.78 is 5.39. The lowest BCUT2D eigenvalue weighted by Crippen LogP contribution is -2.28. The van der Waals surface area contributed by atoms with E-state index in [1.165, 1.54) is 6.07 Å². The highest BCUT2D eigenvalue weighted by Crippen LogP contribution is 2.21. The van der Waals surface area contributed by atoms with Crippen molar-refractivity contribution in [1.82, 2.24) is 5.32 Å². The Labute approximate surface area is 92.0 Å². The van der Waals surface area contributed by atoms with Crippen molar-refractivity contribution in [1.29, 1.82) is 0 Å². The van der Waals surface area contributed by atoms with Crippen LogP contribution in [0.25, 0.3) is 0 Å². The van der Waals surface area contributed by atoms with Gasteiger partial charge in [-0.05, 0) is 12.1 Å². The van der Waals surface area contributed by atoms with Gasteiger partial charge in [0.25, 0.3) is 5.91 Å². The highest BCUT2D eigenvalue weighted by Gasteiger charge is 2.27. The monoisotopic (exact) mass is 221 g/mol. The summed E-state index contributed by atoms with van der Waals surface area (Å²) in [6, 6.07) is 6.29. The van der Waals surface area contributed by atoms with E-state index >= 15 is 0 Å². The molecule has 0 bridgehead atoms. The lowest BCUT2D eigenvalue weighted by atomic mass is 10.2. The van der Waals surface area contributed by atoms with Crippen LogP contribution in [0, 0.1) is 0 Å². The fraction of sp³-hybridized carbons (Fsp3) is 0.273. The van der Waals surface area contributed by atoms with Gasteiger partial charge in [-0.25, -0.2) is 4.79 Å². The fourth-order valence-corrected chi connectivity index (χ4v) is 1.58. The molecular weight excluding hydrogens is 210 g/mol. The number of para-hydroxylation sites is 1. The zero-order chi connectivity index (χ0) is 11.5. The summed E-state index contributed by atoms with van der Waals surface area (Å²) >= 11 is 0. The Morgan fingerprint density at radius 1 is 1.44 bits per heavy atom. The molecule has 1 amide bonds. The topological polar surface area (TPSA) is 75.6 Å². The molecule has 0 radical (unpaired) electrons. The van der Waals surface area contributed by atoms with Gasteiger partial charge in [-0.3, -0.25) is 4.79 Å². The predicted molar refractivity (Wildman–Crippen MR) is 55.4 cm³/mol. The van der Waals surface area contributed by atoms with Crippen LogP contribution in [-0.2, 0) is 4.79 Å². The number of carboxylic acid groups (broad SMARTS) is 1. The van der Waals surface area contributed by atoms with Gasteiger partial charge in [0.05, 0.1) is 0 Å². The van der Waals surface area contributed by atoms with Crippen molar-refractivity contribution in [3.8, 4) is 5.75 Å². The normalized spacial score (nSPS) is 19.2. The van der Waals surface area contributed by atoms with Crippen molar-refractivity contribution in [2.45, 2.75) is 12.5 Å². The van der Waals surface area contributed by atoms with Gasteiger partial charge in [0.1, 0.15) is 11.3 Å². The number of carbonyl (C=O) groups excluding carboxylic acids is 1. The smallest absolute Gasteiger partial charge is 0.339 e. The standard InChI is InChI=1S/C11H11NO4/c13-10-9(5-6-12-10)16-8-4-2-1-3-7(8)11(14)15/h1-4,9H,5-6H2,(H,12,13)(H,14,15). The first-order valence-corrected chi connectivity index (χ1v) is 4.95. The van der Waals surface area contributed by atoms with E-state index in [4.69, 9.17) is 9.84 Å². The SMILES string of the molecule is O=C(O)c1ccccc1OC1CCNC1=O. The largest absolute Gasteiger partial charge is 0.480 e. The van der Waals surface area contributed by atoms with Gasteiger partial charge >= 0.3 is 5.97 Å². The molecule has 0 aliphatic carbocycles. The average Bonchev–Trinajstić information content (AvgIpc) is 2.65. The van der Waals surface area contributed by atoms with E-state index in [-0.39, 0.29) is 17.2 Å². The predicted octanol–water partition coefficient (Wildman–Crippen LogP) is 0.652. The molecule has 1 aromatic rings. The Bertz CT molecular complexity index is 430. The van der Waals surface area contributed by atoms with E-state index in [0.29, 0.717) is 13.0 Å². The molecule has 0 aromatic heterocycles. The van der Waals surface area contributed by atoms with Crippen molar-refractivity contribution < 1.29 is 19.4 Å². The van der Waals surface area contributed by atoms with Gasteiger partial charge in [0, 0.05) is 13.0 Å². The first-order chi connectivity index (χ1) is 7.68. The van der Waals surface area contributed by atoms with Crippen LogP contribution in [0.2, 0.25) is 0 Å². The Morgan fingerprint density at radius 3 is 2.81 bits per heavy atom. The average molecular weight is 221 g/mol. The number of amides is 1. The third-order valence-electron chi connectivity index (χ3n) is 2.38. The second-order valence-electron chi connectivity index (χ2n) is 3.49. The van der Waals surface area contributed by atoms with Crippen LogP contribution in [0.1, 0.15) is 16.8 Å². The van der Waals surface area contributed by atoms with E-state index in [2.05, 4.69) is 5.32 Å². The molecule has 5 nitrogen and oxygen atoms in total. The molecule has 1 aliphatic rings. The van der Waals surface area contributed by atoms with E-state index in [0.717, 1.165) is 0 Å². The van der Waals surface area contributed by atoms with E-state index in [1.54, 1.807) is 18.2 Å². The fourth-order valence-electron chi connectivity index (χ4n) is 1.58. The summed E-state index contributed by atoms with van der Waals surface area (Å²) in [5.74, 6) is -1.02. The maximum atomic E-state index is 11.3. The van der Waals surface area contributed by atoms with Crippen molar-refractivity contribution in [2.75, 3.05) is 6.54 Å². The number of nitrogens with one attached hydrogen (secondary N) is 1. The molecule has 84 valence electrons. The van der Waals surface area contributed by atoms with Crippen LogP contribution < -0.4 is 10.1 Å². The number of aromatic carboxylic acids is 1. The molecule has 1 aromatic carbocycles. The van der Waals surface area contributed by atoms with Crippen molar-refractivity contribution in [3.05, 3.63) is 29.8 Å². The Hall–Kier alpha value is -2.04.